The van der Waals surface area contributed by atoms with Crippen LogP contribution in [0.2, 0.25) is 0 Å². The van der Waals surface area contributed by atoms with Gasteiger partial charge in [0.25, 0.3) is 0 Å². The van der Waals surface area contributed by atoms with Crippen molar-refractivity contribution in [3.05, 3.63) is 18.0 Å². The number of nitrogens with one attached hydrogen (secondary N) is 1. The lowest BCUT2D eigenvalue weighted by Crippen LogP contribution is -2.52. The van der Waals surface area contributed by atoms with Crippen LogP contribution in [0.15, 0.2) is 12.3 Å². The minimum atomic E-state index is 0.418. The summed E-state index contributed by atoms with van der Waals surface area (Å²) in [6, 6.07) is 2.15. The van der Waals surface area contributed by atoms with E-state index in [9.17, 15) is 0 Å². The molecule has 1 aromatic heterocycles. The van der Waals surface area contributed by atoms with Crippen molar-refractivity contribution in [3.8, 4) is 0 Å². The van der Waals surface area contributed by atoms with Gasteiger partial charge in [0.15, 0.2) is 0 Å². The third kappa shape index (κ3) is 3.23. The van der Waals surface area contributed by atoms with Crippen molar-refractivity contribution < 1.29 is 0 Å². The Morgan fingerprint density at radius 2 is 2.10 bits per heavy atom. The summed E-state index contributed by atoms with van der Waals surface area (Å²) in [5.41, 5.74) is 1.76. The number of rotatable bonds is 3. The molecular weight excluding hydrogens is 248 g/mol. The zero-order chi connectivity index (χ0) is 13.8. The average molecular weight is 276 g/mol. The van der Waals surface area contributed by atoms with E-state index in [1.54, 1.807) is 0 Å². The van der Waals surface area contributed by atoms with Crippen LogP contribution in [0.4, 0.5) is 0 Å². The summed E-state index contributed by atoms with van der Waals surface area (Å²) in [7, 11) is 2.04. The summed E-state index contributed by atoms with van der Waals surface area (Å²) in [5, 5.41) is 8.14. The van der Waals surface area contributed by atoms with Crippen molar-refractivity contribution in [3.63, 3.8) is 0 Å². The monoisotopic (exact) mass is 276 g/mol. The Labute approximate surface area is 122 Å². The van der Waals surface area contributed by atoms with Gasteiger partial charge in [-0.15, -0.1) is 0 Å². The van der Waals surface area contributed by atoms with Crippen LogP contribution >= 0.6 is 0 Å². The zero-order valence-corrected chi connectivity index (χ0v) is 12.8. The second kappa shape index (κ2) is 6.27. The lowest BCUT2D eigenvalue weighted by atomic mass is 9.81. The minimum absolute atomic E-state index is 0.418. The van der Waals surface area contributed by atoms with E-state index in [0.29, 0.717) is 5.54 Å². The highest BCUT2D eigenvalue weighted by Gasteiger charge is 2.34. The van der Waals surface area contributed by atoms with Crippen molar-refractivity contribution in [2.45, 2.75) is 50.5 Å². The average Bonchev–Trinajstić information content (AvgIpc) is 2.77. The first-order chi connectivity index (χ1) is 9.77. The molecule has 112 valence electrons. The van der Waals surface area contributed by atoms with Crippen LogP contribution in [0, 0.1) is 0 Å². The van der Waals surface area contributed by atoms with Crippen LogP contribution in [0.25, 0.3) is 0 Å². The maximum Gasteiger partial charge on any atom is 0.0492 e. The van der Waals surface area contributed by atoms with Crippen molar-refractivity contribution >= 4 is 0 Å². The summed E-state index contributed by atoms with van der Waals surface area (Å²) >= 11 is 0. The summed E-state index contributed by atoms with van der Waals surface area (Å²) in [4.78, 5) is 2.68. The van der Waals surface area contributed by atoms with E-state index in [1.165, 1.54) is 70.4 Å². The van der Waals surface area contributed by atoms with Gasteiger partial charge in [-0.1, -0.05) is 19.3 Å². The van der Waals surface area contributed by atoms with Gasteiger partial charge in [-0.3, -0.25) is 4.68 Å². The lowest BCUT2D eigenvalue weighted by molar-refractivity contribution is 0.165. The normalized spacial score (nSPS) is 23.9. The molecule has 1 saturated carbocycles. The highest BCUT2D eigenvalue weighted by molar-refractivity contribution is 5.01. The van der Waals surface area contributed by atoms with Crippen molar-refractivity contribution in [2.24, 2.45) is 7.05 Å². The molecule has 1 aliphatic heterocycles. The van der Waals surface area contributed by atoms with Gasteiger partial charge in [-0.25, -0.2) is 0 Å². The van der Waals surface area contributed by atoms with Gasteiger partial charge in [0.05, 0.1) is 0 Å². The number of aromatic nitrogens is 2. The minimum Gasteiger partial charge on any atom is -0.310 e. The quantitative estimate of drug-likeness (QED) is 0.916. The maximum atomic E-state index is 4.27. The summed E-state index contributed by atoms with van der Waals surface area (Å²) in [6.07, 6.45) is 11.3. The second-order valence-corrected chi connectivity index (χ2v) is 6.59. The first kappa shape index (κ1) is 14.1. The zero-order valence-electron chi connectivity index (χ0n) is 12.8. The molecule has 0 unspecified atom stereocenters. The number of aryl methyl sites for hydroxylation is 1. The molecule has 0 atom stereocenters. The predicted octanol–water partition coefficient (Wildman–Crippen LogP) is 1.96. The molecule has 1 aromatic rings. The Kier molecular flexibility index (Phi) is 4.41. The molecule has 4 nitrogen and oxygen atoms in total. The van der Waals surface area contributed by atoms with E-state index < -0.39 is 0 Å². The van der Waals surface area contributed by atoms with Crippen molar-refractivity contribution in [2.75, 3.05) is 26.2 Å². The molecule has 4 heteroatoms. The third-order valence-electron chi connectivity index (χ3n) is 5.09. The Balaban J connectivity index is 1.59. The summed E-state index contributed by atoms with van der Waals surface area (Å²) in [5.74, 6) is 0. The van der Waals surface area contributed by atoms with Crippen LogP contribution in [0.5, 0.6) is 0 Å². The fourth-order valence-corrected chi connectivity index (χ4v) is 3.89. The van der Waals surface area contributed by atoms with Gasteiger partial charge in [-0.2, -0.15) is 5.10 Å². The van der Waals surface area contributed by atoms with Crippen molar-refractivity contribution in [1.82, 2.24) is 20.0 Å². The number of hydrogen-bond acceptors (Lipinski definition) is 3. The van der Waals surface area contributed by atoms with E-state index in [0.717, 1.165) is 6.42 Å². The Morgan fingerprint density at radius 3 is 2.85 bits per heavy atom. The molecule has 1 aliphatic carbocycles. The van der Waals surface area contributed by atoms with Crippen LogP contribution in [0.1, 0.15) is 44.2 Å². The fraction of sp³-hybridized carbons (Fsp3) is 0.812. The summed E-state index contributed by atoms with van der Waals surface area (Å²) in [6.45, 7) is 4.85. The second-order valence-electron chi connectivity index (χ2n) is 6.59. The molecule has 3 rings (SSSR count). The molecular formula is C16H28N4. The van der Waals surface area contributed by atoms with Crippen molar-refractivity contribution in [1.29, 1.82) is 0 Å². The van der Waals surface area contributed by atoms with E-state index in [2.05, 4.69) is 21.4 Å². The molecule has 1 spiro atoms. The number of nitrogens with zero attached hydrogens (tertiary/aromatic N) is 3. The van der Waals surface area contributed by atoms with E-state index in [1.807, 2.05) is 17.9 Å². The van der Waals surface area contributed by atoms with Crippen LogP contribution < -0.4 is 5.32 Å². The van der Waals surface area contributed by atoms with Gasteiger partial charge in [0.2, 0.25) is 0 Å². The Morgan fingerprint density at radius 1 is 1.25 bits per heavy atom. The van der Waals surface area contributed by atoms with Gasteiger partial charge in [0, 0.05) is 44.0 Å². The standard InChI is InChI=1S/C16H28N4/c1-19-15(6-11-18-19)7-13-20-12-5-10-17-16(14-20)8-3-2-4-9-16/h6,11,17H,2-5,7-10,12-14H2,1H3. The first-order valence-corrected chi connectivity index (χ1v) is 8.22. The van der Waals surface area contributed by atoms with Crippen LogP contribution in [-0.4, -0.2) is 46.4 Å². The van der Waals surface area contributed by atoms with Gasteiger partial charge < -0.3 is 10.2 Å². The van der Waals surface area contributed by atoms with Gasteiger partial charge in [0.1, 0.15) is 0 Å². The largest absolute Gasteiger partial charge is 0.310 e. The SMILES string of the molecule is Cn1nccc1CCN1CCCNC2(CCCCC2)C1. The van der Waals surface area contributed by atoms with Gasteiger partial charge in [-0.05, 0) is 38.4 Å². The fourth-order valence-electron chi connectivity index (χ4n) is 3.89. The van der Waals surface area contributed by atoms with E-state index in [4.69, 9.17) is 0 Å². The smallest absolute Gasteiger partial charge is 0.0492 e. The molecule has 1 saturated heterocycles. The molecule has 0 aromatic carbocycles. The highest BCUT2D eigenvalue weighted by atomic mass is 15.3. The molecule has 1 N–H and O–H groups in total. The van der Waals surface area contributed by atoms with Crippen LogP contribution in [0.3, 0.4) is 0 Å². The third-order valence-corrected chi connectivity index (χ3v) is 5.09. The topological polar surface area (TPSA) is 33.1 Å². The Bertz CT molecular complexity index is 420. The lowest BCUT2D eigenvalue weighted by Gasteiger charge is -2.40. The Hall–Kier alpha value is -0.870. The molecule has 20 heavy (non-hydrogen) atoms. The maximum absolute atomic E-state index is 4.27. The number of hydrogen-bond donors (Lipinski definition) is 1. The predicted molar refractivity (Wildman–Crippen MR) is 81.8 cm³/mol. The molecule has 2 heterocycles. The van der Waals surface area contributed by atoms with E-state index >= 15 is 0 Å². The highest BCUT2D eigenvalue weighted by Crippen LogP contribution is 2.30. The molecule has 2 aliphatic rings. The molecule has 0 amide bonds. The molecule has 0 bridgehead atoms. The van der Waals surface area contributed by atoms with E-state index in [-0.39, 0.29) is 0 Å². The van der Waals surface area contributed by atoms with Crippen LogP contribution in [-0.2, 0) is 13.5 Å². The molecule has 0 radical (unpaired) electrons. The van der Waals surface area contributed by atoms with Gasteiger partial charge >= 0.3 is 0 Å². The first-order valence-electron chi connectivity index (χ1n) is 8.22. The molecule has 2 fully saturated rings. The summed E-state index contributed by atoms with van der Waals surface area (Å²) < 4.78 is 2.01.